The summed E-state index contributed by atoms with van der Waals surface area (Å²) in [6.45, 7) is 18.8. The molecule has 2 N–H and O–H groups in total. The van der Waals surface area contributed by atoms with E-state index in [1.807, 2.05) is 25.2 Å². The van der Waals surface area contributed by atoms with Crippen LogP contribution in [0, 0.1) is 11.8 Å². The molecular formula is C37H54N6O4. The highest BCUT2D eigenvalue weighted by molar-refractivity contribution is 5.89. The van der Waals surface area contributed by atoms with Crippen LogP contribution in [0.5, 0.6) is 0 Å². The van der Waals surface area contributed by atoms with Gasteiger partial charge < -0.3 is 28.7 Å². The highest BCUT2D eigenvalue weighted by Gasteiger charge is 2.27. The lowest BCUT2D eigenvalue weighted by atomic mass is 9.94. The van der Waals surface area contributed by atoms with Crippen molar-refractivity contribution < 1.29 is 19.0 Å². The number of hydrogen-bond donors (Lipinski definition) is 2. The Labute approximate surface area is 279 Å². The SMILES string of the molecule is CNc1ccc2c(c1)nc(C(C)(C)C)n2CC1CCOCC1.COC(=O)Nc1ccc2c(c1)nc(C(C)(C)C)n2CC1CCOCC1. The number of hydrogen-bond acceptors (Lipinski definition) is 7. The number of amides is 1. The average Bonchev–Trinajstić information content (AvgIpc) is 3.60. The zero-order valence-electron chi connectivity index (χ0n) is 29.6. The van der Waals surface area contributed by atoms with Gasteiger partial charge in [-0.2, -0.15) is 0 Å². The number of nitrogens with zero attached hydrogens (tertiary/aromatic N) is 4. The molecule has 2 aromatic heterocycles. The first-order chi connectivity index (χ1) is 22.4. The van der Waals surface area contributed by atoms with E-state index >= 15 is 0 Å². The molecule has 4 aromatic rings. The molecule has 256 valence electrons. The van der Waals surface area contributed by atoms with Gasteiger partial charge in [0.1, 0.15) is 11.6 Å². The number of anilines is 2. The van der Waals surface area contributed by atoms with Gasteiger partial charge in [-0.15, -0.1) is 0 Å². The van der Waals surface area contributed by atoms with Crippen molar-refractivity contribution in [1.82, 2.24) is 19.1 Å². The molecule has 2 saturated heterocycles. The van der Waals surface area contributed by atoms with Crippen molar-refractivity contribution in [2.75, 3.05) is 51.2 Å². The van der Waals surface area contributed by atoms with Crippen molar-refractivity contribution >= 4 is 39.5 Å². The van der Waals surface area contributed by atoms with Gasteiger partial charge in [-0.3, -0.25) is 5.32 Å². The molecule has 0 unspecified atom stereocenters. The number of carbonyl (C=O) groups excluding carboxylic acids is 1. The molecule has 1 amide bonds. The summed E-state index contributed by atoms with van der Waals surface area (Å²) >= 11 is 0. The quantitative estimate of drug-likeness (QED) is 0.221. The molecule has 0 bridgehead atoms. The molecule has 2 aromatic carbocycles. The fourth-order valence-corrected chi connectivity index (χ4v) is 6.55. The maximum Gasteiger partial charge on any atom is 0.411 e. The normalized spacial score (nSPS) is 16.6. The van der Waals surface area contributed by atoms with E-state index in [9.17, 15) is 4.79 Å². The van der Waals surface area contributed by atoms with E-state index in [1.165, 1.54) is 18.5 Å². The smallest absolute Gasteiger partial charge is 0.411 e. The van der Waals surface area contributed by atoms with Crippen molar-refractivity contribution in [3.05, 3.63) is 48.0 Å². The summed E-state index contributed by atoms with van der Waals surface area (Å²) in [7, 11) is 3.30. The molecule has 0 saturated carbocycles. The first kappa shape index (κ1) is 34.7. The summed E-state index contributed by atoms with van der Waals surface area (Å²) in [5.74, 6) is 3.56. The van der Waals surface area contributed by atoms with Gasteiger partial charge in [0.05, 0.1) is 29.2 Å². The number of rotatable bonds is 6. The van der Waals surface area contributed by atoms with Gasteiger partial charge in [-0.05, 0) is 73.9 Å². The van der Waals surface area contributed by atoms with Gasteiger partial charge in [0.2, 0.25) is 0 Å². The van der Waals surface area contributed by atoms with Gasteiger partial charge in [-0.25, -0.2) is 14.8 Å². The Balaban J connectivity index is 0.000000186. The van der Waals surface area contributed by atoms with Crippen LogP contribution in [0.15, 0.2) is 36.4 Å². The Morgan fingerprint density at radius 1 is 0.766 bits per heavy atom. The topological polar surface area (TPSA) is 104 Å². The third-order valence-corrected chi connectivity index (χ3v) is 9.12. The van der Waals surface area contributed by atoms with Crippen LogP contribution in [-0.4, -0.2) is 65.8 Å². The lowest BCUT2D eigenvalue weighted by Crippen LogP contribution is -2.25. The molecule has 2 aliphatic rings. The first-order valence-electron chi connectivity index (χ1n) is 17.1. The van der Waals surface area contributed by atoms with Gasteiger partial charge in [-0.1, -0.05) is 41.5 Å². The molecule has 0 aliphatic carbocycles. The molecule has 0 spiro atoms. The summed E-state index contributed by atoms with van der Waals surface area (Å²) in [6, 6.07) is 12.3. The molecule has 4 heterocycles. The summed E-state index contributed by atoms with van der Waals surface area (Å²) in [4.78, 5) is 21.3. The van der Waals surface area contributed by atoms with E-state index in [4.69, 9.17) is 19.4 Å². The number of aromatic nitrogens is 4. The fourth-order valence-electron chi connectivity index (χ4n) is 6.55. The molecule has 2 fully saturated rings. The number of nitrogens with one attached hydrogen (secondary N) is 2. The molecule has 0 radical (unpaired) electrons. The number of carbonyl (C=O) groups is 1. The van der Waals surface area contributed by atoms with Crippen LogP contribution >= 0.6 is 0 Å². The lowest BCUT2D eigenvalue weighted by molar-refractivity contribution is 0.0610. The van der Waals surface area contributed by atoms with E-state index in [2.05, 4.69) is 84.2 Å². The van der Waals surface area contributed by atoms with Crippen LogP contribution in [0.1, 0.15) is 78.9 Å². The number of benzene rings is 2. The first-order valence-corrected chi connectivity index (χ1v) is 17.1. The maximum absolute atomic E-state index is 11.4. The minimum atomic E-state index is -0.475. The van der Waals surface area contributed by atoms with Crippen LogP contribution in [0.2, 0.25) is 0 Å². The monoisotopic (exact) mass is 646 g/mol. The third-order valence-electron chi connectivity index (χ3n) is 9.12. The number of methoxy groups -OCH3 is 1. The summed E-state index contributed by atoms with van der Waals surface area (Å²) in [5.41, 5.74) is 6.13. The molecular weight excluding hydrogens is 592 g/mol. The molecule has 10 heteroatoms. The zero-order valence-corrected chi connectivity index (χ0v) is 29.6. The Hall–Kier alpha value is -3.63. The van der Waals surface area contributed by atoms with Crippen LogP contribution in [-0.2, 0) is 38.1 Å². The highest BCUT2D eigenvalue weighted by Crippen LogP contribution is 2.32. The largest absolute Gasteiger partial charge is 0.453 e. The van der Waals surface area contributed by atoms with Crippen LogP contribution in [0.4, 0.5) is 16.2 Å². The van der Waals surface area contributed by atoms with Crippen molar-refractivity contribution in [2.45, 2.75) is 91.1 Å². The second-order valence-corrected chi connectivity index (χ2v) is 15.0. The van der Waals surface area contributed by atoms with Gasteiger partial charge in [0.25, 0.3) is 0 Å². The minimum Gasteiger partial charge on any atom is -0.453 e. The van der Waals surface area contributed by atoms with Gasteiger partial charge in [0.15, 0.2) is 0 Å². The van der Waals surface area contributed by atoms with Crippen molar-refractivity contribution in [3.8, 4) is 0 Å². The Morgan fingerprint density at radius 3 is 1.60 bits per heavy atom. The van der Waals surface area contributed by atoms with E-state index in [-0.39, 0.29) is 10.8 Å². The van der Waals surface area contributed by atoms with Crippen LogP contribution in [0.25, 0.3) is 22.1 Å². The van der Waals surface area contributed by atoms with E-state index in [0.717, 1.165) is 93.3 Å². The highest BCUT2D eigenvalue weighted by atomic mass is 16.5. The lowest BCUT2D eigenvalue weighted by Gasteiger charge is -2.26. The second kappa shape index (κ2) is 14.6. The number of imidazole rings is 2. The number of ether oxygens (including phenoxy) is 3. The molecule has 2 aliphatic heterocycles. The Bertz CT molecular complexity index is 1650. The van der Waals surface area contributed by atoms with Crippen molar-refractivity contribution in [1.29, 1.82) is 0 Å². The summed E-state index contributed by atoms with van der Waals surface area (Å²) < 4.78 is 20.4. The molecule has 10 nitrogen and oxygen atoms in total. The van der Waals surface area contributed by atoms with Gasteiger partial charge in [0, 0.05) is 68.8 Å². The molecule has 0 atom stereocenters. The minimum absolute atomic E-state index is 0.0456. The van der Waals surface area contributed by atoms with Crippen molar-refractivity contribution in [2.24, 2.45) is 11.8 Å². The fraction of sp³-hybridized carbons (Fsp3) is 0.595. The van der Waals surface area contributed by atoms with Crippen molar-refractivity contribution in [3.63, 3.8) is 0 Å². The summed E-state index contributed by atoms with van der Waals surface area (Å²) in [5, 5.41) is 5.91. The average molecular weight is 647 g/mol. The second-order valence-electron chi connectivity index (χ2n) is 15.0. The van der Waals surface area contributed by atoms with E-state index in [1.54, 1.807) is 0 Å². The molecule has 47 heavy (non-hydrogen) atoms. The van der Waals surface area contributed by atoms with E-state index in [0.29, 0.717) is 17.5 Å². The summed E-state index contributed by atoms with van der Waals surface area (Å²) in [6.07, 6.45) is 4.00. The predicted octanol–water partition coefficient (Wildman–Crippen LogP) is 7.74. The standard InChI is InChI=1S/C19H27N3O3.C18H27N3O/c1-19(2,3)17-21-15-11-14(20-18(23)24-4)5-6-16(15)22(17)12-13-7-9-25-10-8-13;1-18(2,3)17-20-15-11-14(19-4)5-6-16(15)21(17)12-13-7-9-22-10-8-13/h5-6,11,13H,7-10,12H2,1-4H3,(H,20,23);5-6,11,13,19H,7-10,12H2,1-4H3. The predicted molar refractivity (Wildman–Crippen MR) is 190 cm³/mol. The zero-order chi connectivity index (χ0) is 33.8. The third kappa shape index (κ3) is 8.46. The Kier molecular flexibility index (Phi) is 10.8. The number of fused-ring (bicyclic) bond motifs is 2. The van der Waals surface area contributed by atoms with Crippen LogP contribution < -0.4 is 10.6 Å². The maximum atomic E-state index is 11.4. The van der Waals surface area contributed by atoms with Gasteiger partial charge >= 0.3 is 6.09 Å². The Morgan fingerprint density at radius 2 is 1.19 bits per heavy atom. The van der Waals surface area contributed by atoms with Crippen LogP contribution in [0.3, 0.4) is 0 Å². The molecule has 6 rings (SSSR count). The van der Waals surface area contributed by atoms with E-state index < -0.39 is 6.09 Å².